The van der Waals surface area contributed by atoms with Crippen LogP contribution in [0, 0.1) is 0 Å². The Morgan fingerprint density at radius 3 is 1.75 bits per heavy atom. The summed E-state index contributed by atoms with van der Waals surface area (Å²) >= 11 is 1.87. The van der Waals surface area contributed by atoms with Gasteiger partial charge in [-0.3, -0.25) is 0 Å². The van der Waals surface area contributed by atoms with Gasteiger partial charge in [-0.1, -0.05) is 164 Å². The minimum absolute atomic E-state index is 0.534. The molecule has 12 rings (SSSR count). The molecule has 1 nitrogen and oxygen atoms in total. The number of aryl methyl sites for hydroxylation is 2. The van der Waals surface area contributed by atoms with Crippen molar-refractivity contribution in [2.75, 3.05) is 4.90 Å². The van der Waals surface area contributed by atoms with Crippen LogP contribution in [0.2, 0.25) is 0 Å². The van der Waals surface area contributed by atoms with Crippen LogP contribution in [0.3, 0.4) is 0 Å². The predicted octanol–water partition coefficient (Wildman–Crippen LogP) is 16.1. The molecular weight excluding hydrogens is 755 g/mol. The lowest BCUT2D eigenvalue weighted by atomic mass is 9.67. The first kappa shape index (κ1) is 35.9. The number of hydrogen-bond acceptors (Lipinski definition) is 2. The van der Waals surface area contributed by atoms with E-state index in [1.807, 2.05) is 11.3 Å². The lowest BCUT2D eigenvalue weighted by Crippen LogP contribution is -2.28. The highest BCUT2D eigenvalue weighted by Crippen LogP contribution is 2.59. The van der Waals surface area contributed by atoms with Gasteiger partial charge in [0.25, 0.3) is 0 Å². The van der Waals surface area contributed by atoms with Gasteiger partial charge in [-0.25, -0.2) is 0 Å². The number of fused-ring (bicyclic) bond motifs is 7. The molecule has 0 spiro atoms. The van der Waals surface area contributed by atoms with Crippen LogP contribution in [0.1, 0.15) is 46.2 Å². The molecule has 0 amide bonds. The van der Waals surface area contributed by atoms with E-state index in [2.05, 4.69) is 217 Å². The van der Waals surface area contributed by atoms with Crippen molar-refractivity contribution in [2.24, 2.45) is 0 Å². The second-order valence-electron chi connectivity index (χ2n) is 16.7. The molecule has 0 radical (unpaired) electrons. The Morgan fingerprint density at radius 2 is 0.984 bits per heavy atom. The molecule has 1 aromatic heterocycles. The van der Waals surface area contributed by atoms with E-state index in [0.717, 1.165) is 24.2 Å². The molecule has 0 bridgehead atoms. The quantitative estimate of drug-likeness (QED) is 0.155. The van der Waals surface area contributed by atoms with Crippen molar-refractivity contribution >= 4 is 48.6 Å². The number of rotatable bonds is 7. The van der Waals surface area contributed by atoms with Crippen LogP contribution in [0.15, 0.2) is 212 Å². The van der Waals surface area contributed by atoms with E-state index < -0.39 is 5.41 Å². The van der Waals surface area contributed by atoms with Crippen LogP contribution >= 0.6 is 11.3 Å². The summed E-state index contributed by atoms with van der Waals surface area (Å²) in [5.74, 6) is 0. The van der Waals surface area contributed by atoms with Crippen LogP contribution in [-0.2, 0) is 18.3 Å². The van der Waals surface area contributed by atoms with Crippen molar-refractivity contribution in [2.45, 2.75) is 31.1 Å². The lowest BCUT2D eigenvalue weighted by molar-refractivity contribution is 0.686. The average molecular weight is 798 g/mol. The molecule has 0 N–H and O–H groups in total. The molecular formula is C59H43NS. The molecule has 0 aliphatic heterocycles. The highest BCUT2D eigenvalue weighted by Gasteiger charge is 2.47. The summed E-state index contributed by atoms with van der Waals surface area (Å²) in [6, 6.07) is 79.8. The first-order valence-electron chi connectivity index (χ1n) is 21.6. The molecule has 2 heteroatoms. The number of anilines is 3. The van der Waals surface area contributed by atoms with Gasteiger partial charge in [0.05, 0.1) is 11.1 Å². The lowest BCUT2D eigenvalue weighted by Gasteiger charge is -2.35. The van der Waals surface area contributed by atoms with E-state index in [4.69, 9.17) is 0 Å². The van der Waals surface area contributed by atoms with E-state index in [-0.39, 0.29) is 0 Å². The average Bonchev–Trinajstić information content (AvgIpc) is 3.85. The van der Waals surface area contributed by atoms with Gasteiger partial charge in [0, 0.05) is 37.1 Å². The van der Waals surface area contributed by atoms with Crippen molar-refractivity contribution in [1.29, 1.82) is 0 Å². The molecule has 2 aliphatic carbocycles. The molecule has 0 unspecified atom stereocenters. The Hall–Kier alpha value is -7.00. The van der Waals surface area contributed by atoms with Crippen LogP contribution in [-0.4, -0.2) is 0 Å². The molecule has 290 valence electrons. The summed E-state index contributed by atoms with van der Waals surface area (Å²) in [6.45, 7) is 0. The number of thiophene rings is 1. The zero-order valence-corrected chi connectivity index (χ0v) is 34.7. The van der Waals surface area contributed by atoms with E-state index >= 15 is 0 Å². The van der Waals surface area contributed by atoms with Crippen molar-refractivity contribution in [3.8, 4) is 33.4 Å². The Labute approximate surface area is 361 Å². The van der Waals surface area contributed by atoms with Crippen molar-refractivity contribution in [3.63, 3.8) is 0 Å². The van der Waals surface area contributed by atoms with Crippen LogP contribution in [0.25, 0.3) is 53.6 Å². The summed E-state index contributed by atoms with van der Waals surface area (Å²) in [6.07, 6.45) is 4.79. The topological polar surface area (TPSA) is 3.24 Å². The Bertz CT molecular complexity index is 3200. The third kappa shape index (κ3) is 5.81. The van der Waals surface area contributed by atoms with Gasteiger partial charge in [0.15, 0.2) is 0 Å². The number of hydrogen-bond donors (Lipinski definition) is 0. The van der Waals surface area contributed by atoms with Gasteiger partial charge in [-0.05, 0) is 135 Å². The highest BCUT2D eigenvalue weighted by molar-refractivity contribution is 7.25. The highest BCUT2D eigenvalue weighted by atomic mass is 32.1. The van der Waals surface area contributed by atoms with E-state index in [1.54, 1.807) is 0 Å². The Kier molecular flexibility index (Phi) is 8.61. The van der Waals surface area contributed by atoms with E-state index in [0.29, 0.717) is 0 Å². The van der Waals surface area contributed by atoms with Crippen LogP contribution in [0.4, 0.5) is 17.1 Å². The van der Waals surface area contributed by atoms with Gasteiger partial charge >= 0.3 is 0 Å². The molecule has 0 atom stereocenters. The molecule has 2 aliphatic rings. The molecule has 0 fully saturated rings. The monoisotopic (exact) mass is 797 g/mol. The summed E-state index contributed by atoms with van der Waals surface area (Å²) in [7, 11) is 0. The van der Waals surface area contributed by atoms with Crippen LogP contribution < -0.4 is 4.90 Å². The SMILES string of the molecule is c1ccc(-c2ccc(N(c3ccc4sc5ccccc5c4c3)c3cc4c(cc3-c3ccc5c(c3)CCCC5)-c3ccccc3C4(c3ccccc3)c3ccccc3)cc2)cc1. The fourth-order valence-corrected chi connectivity index (χ4v) is 11.6. The van der Waals surface area contributed by atoms with Gasteiger partial charge in [-0.2, -0.15) is 0 Å². The number of nitrogens with zero attached hydrogens (tertiary/aromatic N) is 1. The molecule has 61 heavy (non-hydrogen) atoms. The second kappa shape index (κ2) is 14.6. The summed E-state index contributed by atoms with van der Waals surface area (Å²) in [5.41, 5.74) is 18.6. The minimum atomic E-state index is -0.534. The molecule has 1 heterocycles. The second-order valence-corrected chi connectivity index (χ2v) is 17.7. The smallest absolute Gasteiger partial charge is 0.0714 e. The standard InChI is InChI=1S/C59H43NS/c1-4-16-40(17-5-1)42-30-32-47(33-31-42)60(48-34-35-58-53(37-48)50-25-13-15-27-57(50)61-58)56-39-55-52(38-51(56)44-29-28-41-18-10-11-19-43(41)36-44)49-24-12-14-26-54(49)59(55,45-20-6-2-7-21-45)46-22-8-3-9-23-46/h1-9,12-17,20-39H,10-11,18-19H2. The van der Waals surface area contributed by atoms with Gasteiger partial charge in [0.1, 0.15) is 0 Å². The Morgan fingerprint density at radius 1 is 0.377 bits per heavy atom. The minimum Gasteiger partial charge on any atom is -0.310 e. The van der Waals surface area contributed by atoms with Gasteiger partial charge in [0.2, 0.25) is 0 Å². The molecule has 0 saturated heterocycles. The molecule has 10 aromatic rings. The van der Waals surface area contributed by atoms with Crippen molar-refractivity contribution in [3.05, 3.63) is 246 Å². The fraction of sp³-hybridized carbons (Fsp3) is 0.0847. The Balaban J connectivity index is 1.19. The zero-order chi connectivity index (χ0) is 40.3. The van der Waals surface area contributed by atoms with Crippen molar-refractivity contribution in [1.82, 2.24) is 0 Å². The third-order valence-electron chi connectivity index (χ3n) is 13.3. The van der Waals surface area contributed by atoms with Crippen molar-refractivity contribution < 1.29 is 0 Å². The summed E-state index contributed by atoms with van der Waals surface area (Å²) in [4.78, 5) is 2.54. The maximum absolute atomic E-state index is 2.56. The largest absolute Gasteiger partial charge is 0.310 e. The van der Waals surface area contributed by atoms with E-state index in [1.165, 1.54) is 105 Å². The maximum Gasteiger partial charge on any atom is 0.0714 e. The van der Waals surface area contributed by atoms with Crippen LogP contribution in [0.5, 0.6) is 0 Å². The van der Waals surface area contributed by atoms with Gasteiger partial charge in [-0.15, -0.1) is 11.3 Å². The summed E-state index contributed by atoms with van der Waals surface area (Å²) < 4.78 is 2.62. The zero-order valence-electron chi connectivity index (χ0n) is 33.9. The molecule has 9 aromatic carbocycles. The maximum atomic E-state index is 2.56. The normalized spacial score (nSPS) is 13.8. The molecule has 0 saturated carbocycles. The van der Waals surface area contributed by atoms with E-state index in [9.17, 15) is 0 Å². The number of benzene rings is 9. The third-order valence-corrected chi connectivity index (χ3v) is 14.5. The first-order chi connectivity index (χ1) is 30.2. The fourth-order valence-electron chi connectivity index (χ4n) is 10.5. The van der Waals surface area contributed by atoms with Gasteiger partial charge < -0.3 is 4.90 Å². The first-order valence-corrected chi connectivity index (χ1v) is 22.4. The summed E-state index contributed by atoms with van der Waals surface area (Å²) in [5, 5.41) is 2.59. The predicted molar refractivity (Wildman–Crippen MR) is 259 cm³/mol.